The lowest BCUT2D eigenvalue weighted by atomic mass is 10.1. The highest BCUT2D eigenvalue weighted by atomic mass is 19.4. The first-order chi connectivity index (χ1) is 17.0. The Labute approximate surface area is 201 Å². The number of aliphatic carboxylic acids is 1. The number of hydrogen-bond donors (Lipinski definition) is 4. The van der Waals surface area contributed by atoms with E-state index >= 15 is 0 Å². The van der Waals surface area contributed by atoms with Gasteiger partial charge >= 0.3 is 12.1 Å². The van der Waals surface area contributed by atoms with Gasteiger partial charge in [0.05, 0.1) is 33.8 Å². The lowest BCUT2D eigenvalue weighted by molar-refractivity contribution is -0.192. The van der Waals surface area contributed by atoms with Crippen LogP contribution < -0.4 is 10.6 Å². The van der Waals surface area contributed by atoms with E-state index in [4.69, 9.17) is 9.90 Å². The van der Waals surface area contributed by atoms with Gasteiger partial charge in [-0.3, -0.25) is 9.48 Å². The predicted octanol–water partition coefficient (Wildman–Crippen LogP) is 4.21. The second-order valence-corrected chi connectivity index (χ2v) is 8.31. The van der Waals surface area contributed by atoms with Gasteiger partial charge < -0.3 is 20.7 Å². The van der Waals surface area contributed by atoms with E-state index in [1.165, 1.54) is 6.20 Å². The lowest BCUT2D eigenvalue weighted by Crippen LogP contribution is -2.21. The molecule has 1 aromatic carbocycles. The van der Waals surface area contributed by atoms with Crippen molar-refractivity contribution in [2.24, 2.45) is 7.05 Å². The molecule has 3 aromatic heterocycles. The molecule has 1 amide bonds. The molecule has 1 saturated heterocycles. The summed E-state index contributed by atoms with van der Waals surface area (Å²) in [6.45, 7) is 2.83. The molecule has 9 nitrogen and oxygen atoms in total. The summed E-state index contributed by atoms with van der Waals surface area (Å²) in [5, 5.41) is 19.0. The third-order valence-electron chi connectivity index (χ3n) is 5.84. The molecule has 0 aliphatic carbocycles. The molecule has 0 radical (unpaired) electrons. The number of nitrogens with zero attached hydrogens (tertiary/aromatic N) is 3. The van der Waals surface area contributed by atoms with E-state index in [0.29, 0.717) is 28.0 Å². The topological polar surface area (TPSA) is 125 Å². The number of fused-ring (bicyclic) bond motifs is 2. The van der Waals surface area contributed by atoms with Crippen molar-refractivity contribution in [2.45, 2.75) is 32.0 Å². The van der Waals surface area contributed by atoms with E-state index in [-0.39, 0.29) is 17.8 Å². The number of halogens is 4. The van der Waals surface area contributed by atoms with Crippen LogP contribution in [0.15, 0.2) is 30.5 Å². The van der Waals surface area contributed by atoms with Crippen LogP contribution >= 0.6 is 0 Å². The second kappa shape index (κ2) is 9.57. The molecular formula is C23H22F4N6O3. The third kappa shape index (κ3) is 5.00. The van der Waals surface area contributed by atoms with Crippen LogP contribution in [0.5, 0.6) is 0 Å². The number of benzene rings is 1. The minimum Gasteiger partial charge on any atom is -0.475 e. The average Bonchev–Trinajstić information content (AvgIpc) is 3.52. The number of hydrogen-bond acceptors (Lipinski definition) is 5. The maximum absolute atomic E-state index is 14.7. The summed E-state index contributed by atoms with van der Waals surface area (Å²) in [6, 6.07) is 7.13. The molecule has 190 valence electrons. The zero-order valence-electron chi connectivity index (χ0n) is 19.2. The van der Waals surface area contributed by atoms with E-state index in [1.54, 1.807) is 22.9 Å². The summed E-state index contributed by atoms with van der Waals surface area (Å²) >= 11 is 0. The van der Waals surface area contributed by atoms with Crippen molar-refractivity contribution in [1.29, 1.82) is 0 Å². The molecule has 1 atom stereocenters. The van der Waals surface area contributed by atoms with Crippen molar-refractivity contribution in [1.82, 2.24) is 25.1 Å². The molecule has 1 aliphatic rings. The zero-order valence-corrected chi connectivity index (χ0v) is 19.2. The van der Waals surface area contributed by atoms with Crippen molar-refractivity contribution < 1.29 is 32.3 Å². The lowest BCUT2D eigenvalue weighted by Gasteiger charge is -2.07. The predicted molar refractivity (Wildman–Crippen MR) is 123 cm³/mol. The standard InChI is InChI=1S/C21H21FN6O.C2HF3O2/c1-11-13-6-5-12(8-17(13)28(2)27-11)21(29)26-18-9-16-14(10-24-18)19(22)20(25-16)15-4-3-7-23-15;3-2(4,5)1(6)7/h5-6,8-10,15,23,25H,3-4,7H2,1-2H3,(H,24,26,29);(H,6,7)/t15-;/m1./s1. The Morgan fingerprint density at radius 3 is 2.58 bits per heavy atom. The van der Waals surface area contributed by atoms with E-state index in [0.717, 1.165) is 36.0 Å². The van der Waals surface area contributed by atoms with E-state index in [2.05, 4.69) is 25.7 Å². The highest BCUT2D eigenvalue weighted by molar-refractivity contribution is 6.06. The van der Waals surface area contributed by atoms with Crippen LogP contribution in [0.2, 0.25) is 0 Å². The number of pyridine rings is 1. The third-order valence-corrected chi connectivity index (χ3v) is 5.84. The first-order valence-electron chi connectivity index (χ1n) is 10.9. The summed E-state index contributed by atoms with van der Waals surface area (Å²) in [5.41, 5.74) is 3.49. The fourth-order valence-corrected chi connectivity index (χ4v) is 4.09. The number of aromatic amines is 1. The molecule has 0 unspecified atom stereocenters. The summed E-state index contributed by atoms with van der Waals surface area (Å²) in [7, 11) is 1.85. The number of carboxylic acids is 1. The highest BCUT2D eigenvalue weighted by Gasteiger charge is 2.38. The van der Waals surface area contributed by atoms with Crippen LogP contribution in [-0.2, 0) is 11.8 Å². The first-order valence-corrected chi connectivity index (χ1v) is 10.9. The Morgan fingerprint density at radius 2 is 1.94 bits per heavy atom. The van der Waals surface area contributed by atoms with E-state index in [1.807, 2.05) is 20.0 Å². The van der Waals surface area contributed by atoms with Crippen molar-refractivity contribution in [3.63, 3.8) is 0 Å². The first kappa shape index (κ1) is 25.1. The number of H-pyrrole nitrogens is 1. The fourth-order valence-electron chi connectivity index (χ4n) is 4.09. The molecule has 13 heteroatoms. The number of alkyl halides is 3. The zero-order chi connectivity index (χ0) is 26.2. The number of anilines is 1. The molecule has 4 aromatic rings. The second-order valence-electron chi connectivity index (χ2n) is 8.31. The molecular weight excluding hydrogens is 484 g/mol. The van der Waals surface area contributed by atoms with Gasteiger partial charge in [0.2, 0.25) is 0 Å². The maximum atomic E-state index is 14.7. The van der Waals surface area contributed by atoms with Crippen molar-refractivity contribution in [3.8, 4) is 0 Å². The van der Waals surface area contributed by atoms with Gasteiger partial charge in [-0.2, -0.15) is 18.3 Å². The normalized spacial score (nSPS) is 15.7. The number of carbonyl (C=O) groups excluding carboxylic acids is 1. The molecule has 5 rings (SSSR count). The number of amides is 1. The van der Waals surface area contributed by atoms with E-state index < -0.39 is 12.1 Å². The summed E-state index contributed by atoms with van der Waals surface area (Å²) in [6.07, 6.45) is -1.70. The van der Waals surface area contributed by atoms with Crippen molar-refractivity contribution >= 4 is 39.5 Å². The van der Waals surface area contributed by atoms with Gasteiger partial charge in [0.25, 0.3) is 5.91 Å². The Hall–Kier alpha value is -4.00. The quantitative estimate of drug-likeness (QED) is 0.309. The molecule has 36 heavy (non-hydrogen) atoms. The minimum absolute atomic E-state index is 0.00507. The maximum Gasteiger partial charge on any atom is 0.490 e. The van der Waals surface area contributed by atoms with Gasteiger partial charge in [0, 0.05) is 30.3 Å². The molecule has 0 spiro atoms. The van der Waals surface area contributed by atoms with Crippen LogP contribution in [0, 0.1) is 12.7 Å². The van der Waals surface area contributed by atoms with Crippen molar-refractivity contribution in [2.75, 3.05) is 11.9 Å². The summed E-state index contributed by atoms with van der Waals surface area (Å²) in [4.78, 5) is 29.0. The van der Waals surface area contributed by atoms with Crippen LogP contribution in [0.1, 0.15) is 40.6 Å². The molecule has 0 saturated carbocycles. The van der Waals surface area contributed by atoms with Gasteiger partial charge in [-0.25, -0.2) is 14.2 Å². The minimum atomic E-state index is -5.08. The Balaban J connectivity index is 0.000000384. The molecule has 4 heterocycles. The van der Waals surface area contributed by atoms with Gasteiger partial charge in [-0.05, 0) is 38.4 Å². The van der Waals surface area contributed by atoms with Gasteiger partial charge in [0.15, 0.2) is 5.82 Å². The number of aromatic nitrogens is 4. The van der Waals surface area contributed by atoms with Gasteiger partial charge in [0.1, 0.15) is 5.82 Å². The van der Waals surface area contributed by atoms with Gasteiger partial charge in [-0.1, -0.05) is 6.07 Å². The number of carbonyl (C=O) groups is 2. The largest absolute Gasteiger partial charge is 0.490 e. The van der Waals surface area contributed by atoms with Crippen molar-refractivity contribution in [3.05, 3.63) is 53.2 Å². The fraction of sp³-hybridized carbons (Fsp3) is 0.304. The Kier molecular flexibility index (Phi) is 6.67. The number of rotatable bonds is 3. The number of carboxylic acid groups (broad SMARTS) is 1. The Bertz CT molecular complexity index is 1450. The molecule has 1 fully saturated rings. The Morgan fingerprint density at radius 1 is 1.22 bits per heavy atom. The van der Waals surface area contributed by atoms with Crippen LogP contribution in [0.3, 0.4) is 0 Å². The van der Waals surface area contributed by atoms with Crippen LogP contribution in [0.4, 0.5) is 23.4 Å². The molecule has 4 N–H and O–H groups in total. The van der Waals surface area contributed by atoms with Gasteiger partial charge in [-0.15, -0.1) is 0 Å². The summed E-state index contributed by atoms with van der Waals surface area (Å²) in [5.74, 6) is -2.94. The molecule has 0 bridgehead atoms. The SMILES string of the molecule is Cc1nn(C)c2cc(C(=O)Nc3cc4[nH]c([C@H]5CCCN5)c(F)c4cn3)ccc12.O=C(O)C(F)(F)F. The van der Waals surface area contributed by atoms with E-state index in [9.17, 15) is 22.4 Å². The molecule has 1 aliphatic heterocycles. The highest BCUT2D eigenvalue weighted by Crippen LogP contribution is 2.30. The monoisotopic (exact) mass is 506 g/mol. The van der Waals surface area contributed by atoms with Crippen LogP contribution in [-0.4, -0.2) is 49.5 Å². The average molecular weight is 506 g/mol. The van der Waals surface area contributed by atoms with Crippen LogP contribution in [0.25, 0.3) is 21.8 Å². The smallest absolute Gasteiger partial charge is 0.475 e. The number of aryl methyl sites for hydroxylation is 2. The summed E-state index contributed by atoms with van der Waals surface area (Å²) < 4.78 is 48.2. The number of nitrogens with one attached hydrogen (secondary N) is 3.